The average Bonchev–Trinajstić information content (AvgIpc) is 2.88. The molecule has 0 aliphatic heterocycles. The van der Waals surface area contributed by atoms with Crippen molar-refractivity contribution < 1.29 is 14.4 Å². The molecular weight excluding hydrogens is 440 g/mol. The number of hydrogen-bond donors (Lipinski definition) is 4. The molecule has 0 saturated heterocycles. The lowest BCUT2D eigenvalue weighted by atomic mass is 10.1. The molecule has 0 aromatic heterocycles. The minimum atomic E-state index is -0.243. The van der Waals surface area contributed by atoms with Crippen molar-refractivity contribution in [2.24, 2.45) is 0 Å². The molecule has 3 aromatic rings. The Kier molecular flexibility index (Phi) is 9.42. The van der Waals surface area contributed by atoms with Crippen molar-refractivity contribution in [3.63, 3.8) is 0 Å². The van der Waals surface area contributed by atoms with E-state index >= 15 is 0 Å². The highest BCUT2D eigenvalue weighted by molar-refractivity contribution is 5.98. The Bertz CT molecular complexity index is 1130. The first kappa shape index (κ1) is 25.5. The van der Waals surface area contributed by atoms with Crippen molar-refractivity contribution >= 4 is 29.1 Å². The molecule has 0 aliphatic rings. The van der Waals surface area contributed by atoms with Crippen LogP contribution in [0.3, 0.4) is 0 Å². The van der Waals surface area contributed by atoms with Gasteiger partial charge in [-0.15, -0.1) is 0 Å². The standard InChI is InChI=1S/C28H32N4O3/c1-3-4-17-29-27(34)23-11-8-12-25(18-23)32-26(33)19-30-24-15-13-22(14-16-24)28(35)31-20(2)21-9-6-5-7-10-21/h5-16,18,20,30H,3-4,17,19H2,1-2H3,(H,29,34)(H,31,35)(H,32,33). The van der Waals surface area contributed by atoms with Gasteiger partial charge in [-0.2, -0.15) is 0 Å². The smallest absolute Gasteiger partial charge is 0.251 e. The third kappa shape index (κ3) is 7.99. The largest absolute Gasteiger partial charge is 0.376 e. The molecule has 7 heteroatoms. The van der Waals surface area contributed by atoms with Crippen LogP contribution in [0.25, 0.3) is 0 Å². The molecule has 0 bridgehead atoms. The Morgan fingerprint density at radius 1 is 0.800 bits per heavy atom. The number of carbonyl (C=O) groups is 3. The van der Waals surface area contributed by atoms with Gasteiger partial charge in [-0.3, -0.25) is 14.4 Å². The van der Waals surface area contributed by atoms with Crippen LogP contribution < -0.4 is 21.3 Å². The second kappa shape index (κ2) is 12.9. The number of hydrogen-bond acceptors (Lipinski definition) is 4. The summed E-state index contributed by atoms with van der Waals surface area (Å²) in [7, 11) is 0. The van der Waals surface area contributed by atoms with E-state index in [1.54, 1.807) is 48.5 Å². The molecule has 4 N–H and O–H groups in total. The molecule has 0 heterocycles. The Balaban J connectivity index is 1.47. The van der Waals surface area contributed by atoms with Crippen LogP contribution in [-0.2, 0) is 4.79 Å². The zero-order valence-corrected chi connectivity index (χ0v) is 20.1. The van der Waals surface area contributed by atoms with Crippen LogP contribution in [0.1, 0.15) is 59.0 Å². The first-order valence-corrected chi connectivity index (χ1v) is 11.8. The van der Waals surface area contributed by atoms with Gasteiger partial charge >= 0.3 is 0 Å². The maximum atomic E-state index is 12.5. The summed E-state index contributed by atoms with van der Waals surface area (Å²) in [4.78, 5) is 37.1. The van der Waals surface area contributed by atoms with Crippen LogP contribution in [0.15, 0.2) is 78.9 Å². The second-order valence-electron chi connectivity index (χ2n) is 8.28. The zero-order valence-electron chi connectivity index (χ0n) is 20.1. The first-order chi connectivity index (χ1) is 17.0. The molecular formula is C28H32N4O3. The van der Waals surface area contributed by atoms with Gasteiger partial charge in [0.15, 0.2) is 0 Å². The fraction of sp³-hybridized carbons (Fsp3) is 0.250. The van der Waals surface area contributed by atoms with Gasteiger partial charge in [0, 0.05) is 29.0 Å². The summed E-state index contributed by atoms with van der Waals surface area (Å²) in [5, 5.41) is 11.7. The molecule has 0 saturated carbocycles. The highest BCUT2D eigenvalue weighted by Crippen LogP contribution is 2.15. The van der Waals surface area contributed by atoms with Crippen molar-refractivity contribution in [3.8, 4) is 0 Å². The molecule has 0 radical (unpaired) electrons. The molecule has 1 unspecified atom stereocenters. The van der Waals surface area contributed by atoms with E-state index in [1.807, 2.05) is 37.3 Å². The summed E-state index contributed by atoms with van der Waals surface area (Å²) in [6.45, 7) is 4.68. The van der Waals surface area contributed by atoms with Crippen molar-refractivity contribution in [2.75, 3.05) is 23.7 Å². The monoisotopic (exact) mass is 472 g/mol. The maximum absolute atomic E-state index is 12.5. The van der Waals surface area contributed by atoms with Crippen molar-refractivity contribution in [2.45, 2.75) is 32.7 Å². The number of nitrogens with one attached hydrogen (secondary N) is 4. The molecule has 182 valence electrons. The molecule has 3 rings (SSSR count). The molecule has 0 spiro atoms. The zero-order chi connectivity index (χ0) is 25.0. The Hall–Kier alpha value is -4.13. The minimum Gasteiger partial charge on any atom is -0.376 e. The first-order valence-electron chi connectivity index (χ1n) is 11.8. The van der Waals surface area contributed by atoms with Crippen molar-refractivity contribution in [1.29, 1.82) is 0 Å². The van der Waals surface area contributed by atoms with Crippen LogP contribution in [0, 0.1) is 0 Å². The van der Waals surface area contributed by atoms with Gasteiger partial charge in [-0.1, -0.05) is 49.7 Å². The Morgan fingerprint density at radius 2 is 1.54 bits per heavy atom. The third-order valence-electron chi connectivity index (χ3n) is 5.47. The van der Waals surface area contributed by atoms with Gasteiger partial charge in [0.25, 0.3) is 11.8 Å². The van der Waals surface area contributed by atoms with Crippen LogP contribution in [-0.4, -0.2) is 30.8 Å². The van der Waals surface area contributed by atoms with Gasteiger partial charge in [-0.25, -0.2) is 0 Å². The summed E-state index contributed by atoms with van der Waals surface area (Å²) >= 11 is 0. The predicted octanol–water partition coefficient (Wildman–Crippen LogP) is 4.76. The topological polar surface area (TPSA) is 99.3 Å². The lowest BCUT2D eigenvalue weighted by Gasteiger charge is -2.14. The summed E-state index contributed by atoms with van der Waals surface area (Å²) < 4.78 is 0. The van der Waals surface area contributed by atoms with E-state index in [1.165, 1.54) is 0 Å². The number of anilines is 2. The Labute approximate surface area is 206 Å². The van der Waals surface area contributed by atoms with E-state index in [0.717, 1.165) is 24.1 Å². The van der Waals surface area contributed by atoms with Gasteiger partial charge in [-0.05, 0) is 61.4 Å². The quantitative estimate of drug-likeness (QED) is 0.303. The number of rotatable bonds is 11. The maximum Gasteiger partial charge on any atom is 0.251 e. The highest BCUT2D eigenvalue weighted by atomic mass is 16.2. The minimum absolute atomic E-state index is 0.0451. The molecule has 7 nitrogen and oxygen atoms in total. The molecule has 3 amide bonds. The highest BCUT2D eigenvalue weighted by Gasteiger charge is 2.12. The second-order valence-corrected chi connectivity index (χ2v) is 8.28. The molecule has 3 aromatic carbocycles. The van der Waals surface area contributed by atoms with Crippen LogP contribution in [0.5, 0.6) is 0 Å². The van der Waals surface area contributed by atoms with E-state index < -0.39 is 0 Å². The number of amides is 3. The van der Waals surface area contributed by atoms with Crippen molar-refractivity contribution in [1.82, 2.24) is 10.6 Å². The van der Waals surface area contributed by atoms with E-state index in [0.29, 0.717) is 23.4 Å². The van der Waals surface area contributed by atoms with Crippen LogP contribution in [0.2, 0.25) is 0 Å². The predicted molar refractivity (Wildman–Crippen MR) is 140 cm³/mol. The molecule has 1 atom stereocenters. The molecule has 0 aliphatic carbocycles. The van der Waals surface area contributed by atoms with Gasteiger partial charge in [0.05, 0.1) is 12.6 Å². The van der Waals surface area contributed by atoms with E-state index in [-0.39, 0.29) is 30.3 Å². The van der Waals surface area contributed by atoms with E-state index in [4.69, 9.17) is 0 Å². The number of unbranched alkanes of at least 4 members (excludes halogenated alkanes) is 1. The van der Waals surface area contributed by atoms with E-state index in [9.17, 15) is 14.4 Å². The molecule has 0 fully saturated rings. The number of carbonyl (C=O) groups excluding carboxylic acids is 3. The van der Waals surface area contributed by atoms with Gasteiger partial charge < -0.3 is 21.3 Å². The van der Waals surface area contributed by atoms with Crippen LogP contribution in [0.4, 0.5) is 11.4 Å². The third-order valence-corrected chi connectivity index (χ3v) is 5.47. The molecule has 35 heavy (non-hydrogen) atoms. The van der Waals surface area contributed by atoms with Gasteiger partial charge in [0.1, 0.15) is 0 Å². The van der Waals surface area contributed by atoms with E-state index in [2.05, 4.69) is 28.2 Å². The number of benzene rings is 3. The Morgan fingerprint density at radius 3 is 2.26 bits per heavy atom. The van der Waals surface area contributed by atoms with Gasteiger partial charge in [0.2, 0.25) is 5.91 Å². The summed E-state index contributed by atoms with van der Waals surface area (Å²) in [5.41, 5.74) is 3.35. The summed E-state index contributed by atoms with van der Waals surface area (Å²) in [6, 6.07) is 23.5. The van der Waals surface area contributed by atoms with Crippen molar-refractivity contribution in [3.05, 3.63) is 95.6 Å². The summed E-state index contributed by atoms with van der Waals surface area (Å²) in [6.07, 6.45) is 1.93. The normalized spacial score (nSPS) is 11.3. The van der Waals surface area contributed by atoms with Crippen LogP contribution >= 0.6 is 0 Å². The lowest BCUT2D eigenvalue weighted by Crippen LogP contribution is -2.26. The average molecular weight is 473 g/mol. The summed E-state index contributed by atoms with van der Waals surface area (Å²) in [5.74, 6) is -0.564. The SMILES string of the molecule is CCCCNC(=O)c1cccc(NC(=O)CNc2ccc(C(=O)NC(C)c3ccccc3)cc2)c1. The fourth-order valence-electron chi connectivity index (χ4n) is 3.45. The lowest BCUT2D eigenvalue weighted by molar-refractivity contribution is -0.114. The fourth-order valence-corrected chi connectivity index (χ4v) is 3.45.